The Kier molecular flexibility index (Phi) is 6.80. The van der Waals surface area contributed by atoms with E-state index in [0.29, 0.717) is 6.07 Å². The van der Waals surface area contributed by atoms with E-state index in [1.807, 2.05) is 0 Å². The minimum absolute atomic E-state index is 0.0395. The van der Waals surface area contributed by atoms with Gasteiger partial charge in [-0.15, -0.1) is 0 Å². The topological polar surface area (TPSA) is 101 Å². The van der Waals surface area contributed by atoms with Crippen LogP contribution in [0.4, 0.5) is 30.7 Å². The number of amides is 1. The summed E-state index contributed by atoms with van der Waals surface area (Å²) in [4.78, 5) is 18.6. The van der Waals surface area contributed by atoms with Crippen LogP contribution in [-0.4, -0.2) is 69.1 Å². The summed E-state index contributed by atoms with van der Waals surface area (Å²) >= 11 is 0. The molecule has 1 aliphatic carbocycles. The second kappa shape index (κ2) is 9.38. The Labute approximate surface area is 230 Å². The number of likely N-dealkylation sites (tertiary alicyclic amines) is 1. The van der Waals surface area contributed by atoms with E-state index in [0.717, 1.165) is 6.07 Å². The number of pyridine rings is 1. The molecule has 5 rings (SSSR count). The van der Waals surface area contributed by atoms with Crippen molar-refractivity contribution < 1.29 is 52.4 Å². The molecule has 2 aromatic rings. The summed E-state index contributed by atoms with van der Waals surface area (Å²) in [6, 6.07) is 4.32. The van der Waals surface area contributed by atoms with Gasteiger partial charge in [-0.25, -0.2) is 26.2 Å². The van der Waals surface area contributed by atoms with Gasteiger partial charge in [0.15, 0.2) is 14.9 Å². The monoisotopic (exact) mass is 628 g/mol. The van der Waals surface area contributed by atoms with Crippen molar-refractivity contribution in [2.24, 2.45) is 5.92 Å². The third-order valence-electron chi connectivity index (χ3n) is 8.32. The minimum atomic E-state index is -6.35. The fourth-order valence-electron chi connectivity index (χ4n) is 6.41. The summed E-state index contributed by atoms with van der Waals surface area (Å²) in [5, 5.41) is -0.426. The normalized spacial score (nSPS) is 26.5. The SMILES string of the molecule is O=C(C1CCS(=O)(=O)C1)N1CCC2(S(=O)(=O)c3ccccn3)c3ccc(C(F)(C(F)(F)F)C(F)(F)F)cc3CCC12. The van der Waals surface area contributed by atoms with E-state index >= 15 is 0 Å². The van der Waals surface area contributed by atoms with Crippen molar-refractivity contribution in [2.45, 2.75) is 59.5 Å². The van der Waals surface area contributed by atoms with Crippen LogP contribution in [0.1, 0.15) is 36.0 Å². The number of nitrogens with zero attached hydrogens (tertiary/aromatic N) is 2. The third kappa shape index (κ3) is 4.34. The molecule has 0 N–H and O–H groups in total. The molecule has 0 radical (unpaired) electrons. The van der Waals surface area contributed by atoms with E-state index in [4.69, 9.17) is 0 Å². The van der Waals surface area contributed by atoms with Gasteiger partial charge in [-0.05, 0) is 48.9 Å². The van der Waals surface area contributed by atoms with Gasteiger partial charge in [0.2, 0.25) is 15.7 Å². The average Bonchev–Trinajstić information content (AvgIpc) is 3.47. The molecule has 0 saturated carbocycles. The third-order valence-corrected chi connectivity index (χ3v) is 12.5. The van der Waals surface area contributed by atoms with Gasteiger partial charge in [0.05, 0.1) is 23.5 Å². The van der Waals surface area contributed by atoms with Gasteiger partial charge in [-0.1, -0.05) is 24.3 Å². The number of fused-ring (bicyclic) bond motifs is 3. The largest absolute Gasteiger partial charge is 0.435 e. The van der Waals surface area contributed by atoms with Crippen LogP contribution in [0.15, 0.2) is 47.6 Å². The number of halogens is 7. The van der Waals surface area contributed by atoms with Crippen LogP contribution >= 0.6 is 0 Å². The number of carbonyl (C=O) groups is 1. The lowest BCUT2D eigenvalue weighted by Gasteiger charge is -2.43. The molecule has 3 atom stereocenters. The van der Waals surface area contributed by atoms with Crippen LogP contribution in [0.25, 0.3) is 0 Å². The van der Waals surface area contributed by atoms with Gasteiger partial charge in [0.1, 0.15) is 4.75 Å². The highest BCUT2D eigenvalue weighted by atomic mass is 32.2. The molecule has 1 amide bonds. The summed E-state index contributed by atoms with van der Waals surface area (Å²) in [7, 11) is -8.03. The van der Waals surface area contributed by atoms with Gasteiger partial charge in [0.25, 0.3) is 0 Å². The summed E-state index contributed by atoms with van der Waals surface area (Å²) in [6.45, 7) is -0.161. The second-order valence-corrected chi connectivity index (χ2v) is 14.9. The van der Waals surface area contributed by atoms with Crippen LogP contribution in [0.5, 0.6) is 0 Å². The first-order chi connectivity index (χ1) is 18.9. The molecule has 3 unspecified atom stereocenters. The first-order valence-electron chi connectivity index (χ1n) is 12.5. The predicted molar refractivity (Wildman–Crippen MR) is 130 cm³/mol. The number of hydrogen-bond donors (Lipinski definition) is 0. The van der Waals surface area contributed by atoms with Crippen molar-refractivity contribution in [1.82, 2.24) is 9.88 Å². The van der Waals surface area contributed by atoms with E-state index in [1.54, 1.807) is 0 Å². The Morgan fingerprint density at radius 2 is 1.68 bits per heavy atom. The van der Waals surface area contributed by atoms with E-state index in [-0.39, 0.29) is 55.2 Å². The average molecular weight is 629 g/mol. The predicted octanol–water partition coefficient (Wildman–Crippen LogP) is 4.02. The molecule has 2 fully saturated rings. The molecule has 16 heteroatoms. The number of hydrogen-bond acceptors (Lipinski definition) is 6. The molecule has 0 spiro atoms. The summed E-state index contributed by atoms with van der Waals surface area (Å²) in [6.07, 6.45) is -12.2. The summed E-state index contributed by atoms with van der Waals surface area (Å²) < 4.78 is 146. The molecule has 224 valence electrons. The molecule has 7 nitrogen and oxygen atoms in total. The highest BCUT2D eigenvalue weighted by Crippen LogP contribution is 2.56. The summed E-state index contributed by atoms with van der Waals surface area (Å²) in [5.41, 5.74) is -7.82. The number of aromatic nitrogens is 1. The fraction of sp³-hybridized carbons (Fsp3) is 0.520. The van der Waals surface area contributed by atoms with Crippen LogP contribution in [-0.2, 0) is 41.3 Å². The van der Waals surface area contributed by atoms with Gasteiger partial charge < -0.3 is 4.90 Å². The number of rotatable bonds is 4. The van der Waals surface area contributed by atoms with Crippen molar-refractivity contribution >= 4 is 25.6 Å². The van der Waals surface area contributed by atoms with Crippen LogP contribution in [0, 0.1) is 5.92 Å². The molecule has 0 bridgehead atoms. The van der Waals surface area contributed by atoms with E-state index in [2.05, 4.69) is 4.98 Å². The molecule has 1 aromatic carbocycles. The molecule has 3 heterocycles. The molecular weight excluding hydrogens is 605 g/mol. The van der Waals surface area contributed by atoms with Crippen molar-refractivity contribution in [3.05, 3.63) is 59.3 Å². The first kappa shape index (κ1) is 29.7. The van der Waals surface area contributed by atoms with Crippen molar-refractivity contribution in [1.29, 1.82) is 0 Å². The first-order valence-corrected chi connectivity index (χ1v) is 15.8. The maximum atomic E-state index is 14.9. The number of benzene rings is 1. The number of alkyl halides is 7. The summed E-state index contributed by atoms with van der Waals surface area (Å²) in [5.74, 6) is -2.13. The Balaban J connectivity index is 1.67. The Morgan fingerprint density at radius 1 is 1.00 bits per heavy atom. The quantitative estimate of drug-likeness (QED) is 0.475. The maximum absolute atomic E-state index is 14.9. The second-order valence-electron chi connectivity index (χ2n) is 10.5. The zero-order valence-electron chi connectivity index (χ0n) is 21.0. The van der Waals surface area contributed by atoms with Crippen molar-refractivity contribution in [3.8, 4) is 0 Å². The van der Waals surface area contributed by atoms with Gasteiger partial charge in [0, 0.05) is 18.3 Å². The number of carbonyl (C=O) groups excluding carboxylic acids is 1. The zero-order chi connectivity index (χ0) is 30.2. The lowest BCUT2D eigenvalue weighted by atomic mass is 9.76. The van der Waals surface area contributed by atoms with Crippen LogP contribution < -0.4 is 0 Å². The molecule has 1 aromatic heterocycles. The molecule has 3 aliphatic rings. The molecule has 2 saturated heterocycles. The highest BCUT2D eigenvalue weighted by molar-refractivity contribution is 7.92. The van der Waals surface area contributed by atoms with Gasteiger partial charge >= 0.3 is 18.0 Å². The Bertz CT molecular complexity index is 1580. The van der Waals surface area contributed by atoms with Gasteiger partial charge in [-0.2, -0.15) is 26.3 Å². The highest BCUT2D eigenvalue weighted by Gasteiger charge is 2.74. The smallest absolute Gasteiger partial charge is 0.337 e. The van der Waals surface area contributed by atoms with Crippen LogP contribution in [0.3, 0.4) is 0 Å². The zero-order valence-corrected chi connectivity index (χ0v) is 22.7. The van der Waals surface area contributed by atoms with Crippen molar-refractivity contribution in [3.63, 3.8) is 0 Å². The van der Waals surface area contributed by atoms with Gasteiger partial charge in [-0.3, -0.25) is 4.79 Å². The Hall–Kier alpha value is -2.75. The lowest BCUT2D eigenvalue weighted by Crippen LogP contribution is -2.53. The number of sulfone groups is 2. The lowest BCUT2D eigenvalue weighted by molar-refractivity contribution is -0.348. The van der Waals surface area contributed by atoms with E-state index < -0.39 is 76.7 Å². The molecule has 41 heavy (non-hydrogen) atoms. The number of aryl methyl sites for hydroxylation is 1. The van der Waals surface area contributed by atoms with Crippen LogP contribution in [0.2, 0.25) is 0 Å². The Morgan fingerprint density at radius 3 is 2.24 bits per heavy atom. The van der Waals surface area contributed by atoms with E-state index in [9.17, 15) is 52.4 Å². The fourth-order valence-corrected chi connectivity index (χ4v) is 10.4. The standard InChI is InChI=1S/C25H23F7N2O5S2/c26-23(24(27,28)29,25(30,31)32)17-5-6-18-15(13-17)4-7-19-22(18,41(38,39)20-3-1-2-10-33-20)9-11-34(19)21(35)16-8-12-40(36,37)14-16/h1-3,5-6,10,13,16,19H,4,7-9,11-12,14H2. The maximum Gasteiger partial charge on any atom is 0.435 e. The molecular formula is C25H23F7N2O5S2. The van der Waals surface area contributed by atoms with E-state index in [1.165, 1.54) is 29.3 Å². The minimum Gasteiger partial charge on any atom is -0.337 e. The molecule has 2 aliphatic heterocycles. The van der Waals surface area contributed by atoms with Crippen molar-refractivity contribution in [2.75, 3.05) is 18.1 Å².